The van der Waals surface area contributed by atoms with E-state index in [1.54, 1.807) is 12.4 Å². The average molecular weight is 343 g/mol. The van der Waals surface area contributed by atoms with Crippen LogP contribution in [0.2, 0.25) is 0 Å². The van der Waals surface area contributed by atoms with Crippen molar-refractivity contribution in [1.82, 2.24) is 24.6 Å². The van der Waals surface area contributed by atoms with Gasteiger partial charge in [-0.2, -0.15) is 9.61 Å². The third kappa shape index (κ3) is 3.49. The molecule has 0 fully saturated rings. The van der Waals surface area contributed by atoms with Crippen LogP contribution in [-0.2, 0) is 13.1 Å². The molecular weight excluding hydrogens is 325 g/mol. The van der Waals surface area contributed by atoms with E-state index in [0.29, 0.717) is 13.1 Å². The molecule has 7 nitrogen and oxygen atoms in total. The second-order valence-corrected chi connectivity index (χ2v) is 6.02. The molecule has 128 valence electrons. The molecule has 2 N–H and O–H groups in total. The van der Waals surface area contributed by atoms with E-state index in [1.807, 2.05) is 61.3 Å². The summed E-state index contributed by atoms with van der Waals surface area (Å²) < 4.78 is 1.82. The Morgan fingerprint density at radius 3 is 2.27 bits per heavy atom. The van der Waals surface area contributed by atoms with Gasteiger partial charge in [0.1, 0.15) is 19.5 Å². The Hall–Kier alpha value is -3.42. The van der Waals surface area contributed by atoms with Crippen molar-refractivity contribution in [3.63, 3.8) is 0 Å². The lowest BCUT2D eigenvalue weighted by molar-refractivity contribution is 0.921. The summed E-state index contributed by atoms with van der Waals surface area (Å²) in [5.41, 5.74) is 4.06. The quantitative estimate of drug-likeness (QED) is 0.509. The Morgan fingerprint density at radius 2 is 1.62 bits per heavy atom. The molecule has 0 bridgehead atoms. The highest BCUT2D eigenvalue weighted by atomic mass is 15.3. The number of anilines is 2. The standard InChI is InChI=1S/C18H18BN7/c19-15-12-24-26-17(23-11-14-4-2-6-21-9-14)7-16(25-18(15)26)22-10-13-3-1-5-20-8-13/h1-9,12,23H,10-11,19H2,(H,22,25). The maximum atomic E-state index is 4.68. The van der Waals surface area contributed by atoms with Crippen molar-refractivity contribution < 1.29 is 0 Å². The van der Waals surface area contributed by atoms with Gasteiger partial charge in [-0.1, -0.05) is 12.1 Å². The number of nitrogens with zero attached hydrogens (tertiary/aromatic N) is 5. The van der Waals surface area contributed by atoms with Gasteiger partial charge in [0, 0.05) is 50.1 Å². The van der Waals surface area contributed by atoms with E-state index in [0.717, 1.165) is 33.9 Å². The molecule has 0 unspecified atom stereocenters. The van der Waals surface area contributed by atoms with Crippen molar-refractivity contribution in [1.29, 1.82) is 0 Å². The summed E-state index contributed by atoms with van der Waals surface area (Å²) in [6, 6.07) is 9.89. The zero-order chi connectivity index (χ0) is 17.8. The Morgan fingerprint density at radius 1 is 0.923 bits per heavy atom. The van der Waals surface area contributed by atoms with E-state index in [2.05, 4.69) is 30.7 Å². The van der Waals surface area contributed by atoms with Crippen LogP contribution in [0, 0.1) is 0 Å². The fraction of sp³-hybridized carbons (Fsp3) is 0.111. The van der Waals surface area contributed by atoms with Gasteiger partial charge >= 0.3 is 0 Å². The molecule has 26 heavy (non-hydrogen) atoms. The summed E-state index contributed by atoms with van der Waals surface area (Å²) in [5.74, 6) is 1.67. The maximum absolute atomic E-state index is 4.68. The molecule has 0 saturated heterocycles. The first-order valence-electron chi connectivity index (χ1n) is 8.40. The van der Waals surface area contributed by atoms with Crippen LogP contribution in [0.4, 0.5) is 11.6 Å². The lowest BCUT2D eigenvalue weighted by Gasteiger charge is -2.12. The van der Waals surface area contributed by atoms with Crippen LogP contribution in [0.1, 0.15) is 11.1 Å². The van der Waals surface area contributed by atoms with Crippen molar-refractivity contribution in [2.24, 2.45) is 0 Å². The van der Waals surface area contributed by atoms with Gasteiger partial charge in [-0.05, 0) is 28.7 Å². The normalized spacial score (nSPS) is 10.8. The number of aromatic nitrogens is 5. The van der Waals surface area contributed by atoms with Gasteiger partial charge in [0.25, 0.3) is 0 Å². The molecule has 0 aliphatic rings. The summed E-state index contributed by atoms with van der Waals surface area (Å²) in [6.07, 6.45) is 9.05. The van der Waals surface area contributed by atoms with Gasteiger partial charge in [0.15, 0.2) is 5.65 Å². The highest BCUT2D eigenvalue weighted by molar-refractivity contribution is 6.36. The van der Waals surface area contributed by atoms with Crippen LogP contribution in [0.5, 0.6) is 0 Å². The summed E-state index contributed by atoms with van der Waals surface area (Å²) in [5, 5.41) is 11.2. The average Bonchev–Trinajstić information content (AvgIpc) is 3.07. The second kappa shape index (κ2) is 7.22. The number of hydrogen-bond acceptors (Lipinski definition) is 6. The number of hydrogen-bond donors (Lipinski definition) is 2. The maximum Gasteiger partial charge on any atom is 0.153 e. The molecule has 4 heterocycles. The van der Waals surface area contributed by atoms with Crippen LogP contribution in [0.25, 0.3) is 5.65 Å². The Balaban J connectivity index is 1.59. The van der Waals surface area contributed by atoms with Gasteiger partial charge in [-0.25, -0.2) is 4.98 Å². The number of pyridine rings is 2. The first-order chi connectivity index (χ1) is 12.8. The van der Waals surface area contributed by atoms with E-state index in [1.165, 1.54) is 0 Å². The van der Waals surface area contributed by atoms with Crippen molar-refractivity contribution in [3.8, 4) is 0 Å². The van der Waals surface area contributed by atoms with Crippen molar-refractivity contribution >= 4 is 30.6 Å². The first kappa shape index (κ1) is 16.1. The van der Waals surface area contributed by atoms with Crippen LogP contribution < -0.4 is 16.1 Å². The lowest BCUT2D eigenvalue weighted by atomic mass is 10.0. The third-order valence-electron chi connectivity index (χ3n) is 4.04. The van der Waals surface area contributed by atoms with Gasteiger partial charge < -0.3 is 10.6 Å². The smallest absolute Gasteiger partial charge is 0.153 e. The largest absolute Gasteiger partial charge is 0.366 e. The van der Waals surface area contributed by atoms with Crippen molar-refractivity contribution in [2.45, 2.75) is 13.1 Å². The summed E-state index contributed by atoms with van der Waals surface area (Å²) in [4.78, 5) is 13.0. The predicted octanol–water partition coefficient (Wildman–Crippen LogP) is 1.00. The van der Waals surface area contributed by atoms with Crippen LogP contribution in [0.15, 0.2) is 61.3 Å². The molecule has 0 aliphatic heterocycles. The van der Waals surface area contributed by atoms with E-state index in [4.69, 9.17) is 0 Å². The van der Waals surface area contributed by atoms with Gasteiger partial charge in [-0.3, -0.25) is 9.97 Å². The Kier molecular flexibility index (Phi) is 4.47. The van der Waals surface area contributed by atoms with Crippen molar-refractivity contribution in [2.75, 3.05) is 10.6 Å². The van der Waals surface area contributed by atoms with Crippen LogP contribution in [-0.4, -0.2) is 32.4 Å². The lowest BCUT2D eigenvalue weighted by Crippen LogP contribution is -2.11. The summed E-state index contributed by atoms with van der Waals surface area (Å²) in [6.45, 7) is 1.32. The minimum Gasteiger partial charge on any atom is -0.366 e. The molecule has 4 aromatic rings. The highest BCUT2D eigenvalue weighted by Gasteiger charge is 2.09. The SMILES string of the molecule is Bc1cnn2c(NCc3cccnc3)cc(NCc3cccnc3)nc12. The molecule has 0 saturated carbocycles. The minimum atomic E-state index is 0.659. The van der Waals surface area contributed by atoms with E-state index in [9.17, 15) is 0 Å². The third-order valence-corrected chi connectivity index (χ3v) is 4.04. The van der Waals surface area contributed by atoms with Gasteiger partial charge in [0.05, 0.1) is 0 Å². The molecule has 0 amide bonds. The highest BCUT2D eigenvalue weighted by Crippen LogP contribution is 2.16. The van der Waals surface area contributed by atoms with Crippen molar-refractivity contribution in [3.05, 3.63) is 72.4 Å². The van der Waals surface area contributed by atoms with E-state index < -0.39 is 0 Å². The summed E-state index contributed by atoms with van der Waals surface area (Å²) >= 11 is 0. The second-order valence-electron chi connectivity index (χ2n) is 6.02. The Labute approximate surface area is 151 Å². The number of rotatable bonds is 6. The zero-order valence-corrected chi connectivity index (χ0v) is 14.4. The molecular formula is C18H18BN7. The summed E-state index contributed by atoms with van der Waals surface area (Å²) in [7, 11) is 2.01. The van der Waals surface area contributed by atoms with Gasteiger partial charge in [0.2, 0.25) is 0 Å². The van der Waals surface area contributed by atoms with E-state index >= 15 is 0 Å². The zero-order valence-electron chi connectivity index (χ0n) is 14.4. The fourth-order valence-electron chi connectivity index (χ4n) is 2.68. The molecule has 0 atom stereocenters. The molecule has 0 aliphatic carbocycles. The minimum absolute atomic E-state index is 0.659. The van der Waals surface area contributed by atoms with Gasteiger partial charge in [-0.15, -0.1) is 0 Å². The molecule has 0 radical (unpaired) electrons. The molecule has 4 aromatic heterocycles. The fourth-order valence-corrected chi connectivity index (χ4v) is 2.68. The van der Waals surface area contributed by atoms with Crippen LogP contribution in [0.3, 0.4) is 0 Å². The number of fused-ring (bicyclic) bond motifs is 1. The number of nitrogens with one attached hydrogen (secondary N) is 2. The first-order valence-corrected chi connectivity index (χ1v) is 8.40. The molecule has 0 aromatic carbocycles. The topological polar surface area (TPSA) is 80.0 Å². The van der Waals surface area contributed by atoms with Crippen LogP contribution >= 0.6 is 0 Å². The monoisotopic (exact) mass is 343 g/mol. The molecule has 4 rings (SSSR count). The Bertz CT molecular complexity index is 1000. The molecule has 0 spiro atoms. The predicted molar refractivity (Wildman–Crippen MR) is 104 cm³/mol. The van der Waals surface area contributed by atoms with E-state index in [-0.39, 0.29) is 0 Å². The molecule has 8 heteroatoms.